The van der Waals surface area contributed by atoms with Crippen molar-refractivity contribution < 1.29 is 14.3 Å². The van der Waals surface area contributed by atoms with Crippen molar-refractivity contribution in [1.82, 2.24) is 45.2 Å². The fourth-order valence-corrected chi connectivity index (χ4v) is 6.63. The van der Waals surface area contributed by atoms with Gasteiger partial charge in [0.25, 0.3) is 11.8 Å². The van der Waals surface area contributed by atoms with Gasteiger partial charge in [-0.25, -0.2) is 9.97 Å². The van der Waals surface area contributed by atoms with Gasteiger partial charge in [-0.05, 0) is 91.4 Å². The smallest absolute Gasteiger partial charge is 0.277 e. The molecule has 2 aromatic carbocycles. The monoisotopic (exact) mass is 772 g/mol. The van der Waals surface area contributed by atoms with Crippen LogP contribution in [0.4, 0.5) is 17.3 Å². The molecule has 290 valence electrons. The molecule has 0 unspecified atom stereocenters. The van der Waals surface area contributed by atoms with E-state index in [1.807, 2.05) is 87.4 Å². The Morgan fingerprint density at radius 1 is 0.672 bits per heavy atom. The third kappa shape index (κ3) is 8.70. The zero-order valence-corrected chi connectivity index (χ0v) is 31.9. The van der Waals surface area contributed by atoms with Gasteiger partial charge in [0, 0.05) is 72.5 Å². The first kappa shape index (κ1) is 37.6. The van der Waals surface area contributed by atoms with Gasteiger partial charge in [0.1, 0.15) is 11.6 Å². The van der Waals surface area contributed by atoms with Crippen LogP contribution in [0.2, 0.25) is 0 Å². The second-order valence-electron chi connectivity index (χ2n) is 13.9. The van der Waals surface area contributed by atoms with Crippen LogP contribution >= 0.6 is 0 Å². The molecular weight excluding hydrogens is 733 g/mol. The highest BCUT2D eigenvalue weighted by atomic mass is 16.5. The van der Waals surface area contributed by atoms with Crippen LogP contribution in [-0.4, -0.2) is 97.4 Å². The molecule has 2 amide bonds. The Hall–Kier alpha value is -7.36. The molecule has 0 aliphatic carbocycles. The van der Waals surface area contributed by atoms with E-state index in [9.17, 15) is 9.59 Å². The molecule has 1 fully saturated rings. The molecular formula is C43H40N12O3. The third-order valence-electron chi connectivity index (χ3n) is 9.43. The summed E-state index contributed by atoms with van der Waals surface area (Å²) in [4.78, 5) is 46.8. The van der Waals surface area contributed by atoms with E-state index in [0.717, 1.165) is 88.2 Å². The van der Waals surface area contributed by atoms with Crippen LogP contribution in [0.1, 0.15) is 26.5 Å². The first-order chi connectivity index (χ1) is 28.4. The Morgan fingerprint density at radius 3 is 1.76 bits per heavy atom. The Kier molecular flexibility index (Phi) is 11.1. The van der Waals surface area contributed by atoms with Gasteiger partial charge in [-0.15, -0.1) is 0 Å². The van der Waals surface area contributed by atoms with E-state index in [1.165, 1.54) is 0 Å². The van der Waals surface area contributed by atoms with E-state index >= 15 is 0 Å². The number of ether oxygens (including phenoxy) is 1. The molecule has 0 spiro atoms. The average molecular weight is 773 g/mol. The van der Waals surface area contributed by atoms with Crippen molar-refractivity contribution in [3.05, 3.63) is 139 Å². The Morgan fingerprint density at radius 2 is 1.22 bits per heavy atom. The standard InChI is InChI=1S/C22H20N6O2.C21H20N6O/c29-22(25-20-3-1-2-6-24-20)21-18-12-15(4-5-19(18)26-27-21)16-11-17(14-23-13-16)28-7-9-30-10-8-28;1-27(2)13-14-9-16(12-22-11-14)15-6-7-18-17(10-15)20(26-25-18)21(28)24-19-5-3-4-8-23-19/h1-6,11-14H,7-10H2,(H,26,27)(H,24,25,29);3-12H,13H2,1-2H3,(H,25,26)(H,23,24,28). The van der Waals surface area contributed by atoms with Gasteiger partial charge >= 0.3 is 0 Å². The van der Waals surface area contributed by atoms with Crippen molar-refractivity contribution in [3.63, 3.8) is 0 Å². The molecule has 0 saturated carbocycles. The summed E-state index contributed by atoms with van der Waals surface area (Å²) in [5.41, 5.74) is 8.38. The highest BCUT2D eigenvalue weighted by molar-refractivity contribution is 6.12. The van der Waals surface area contributed by atoms with Crippen molar-refractivity contribution in [2.24, 2.45) is 0 Å². The topological polar surface area (TPSA) is 183 Å². The number of anilines is 3. The number of hydrogen-bond donors (Lipinski definition) is 4. The van der Waals surface area contributed by atoms with Crippen LogP contribution in [-0.2, 0) is 11.3 Å². The first-order valence-electron chi connectivity index (χ1n) is 18.7. The Bertz CT molecular complexity index is 2670. The molecule has 1 aliphatic rings. The number of benzene rings is 2. The molecule has 1 aliphatic heterocycles. The maximum absolute atomic E-state index is 12.7. The SMILES string of the molecule is CN(C)Cc1cncc(-c2ccc3[nH]nc(C(=O)Nc4ccccn4)c3c2)c1.O=C(Nc1ccccn1)c1n[nH]c2ccc(-c3cncc(N4CCOCC4)c3)cc12. The molecule has 7 heterocycles. The number of nitrogens with zero attached hydrogens (tertiary/aromatic N) is 8. The first-order valence-corrected chi connectivity index (χ1v) is 18.7. The zero-order chi connectivity index (χ0) is 39.8. The number of aromatic amines is 2. The molecule has 4 N–H and O–H groups in total. The molecule has 58 heavy (non-hydrogen) atoms. The third-order valence-corrected chi connectivity index (χ3v) is 9.43. The van der Waals surface area contributed by atoms with Gasteiger partial charge in [-0.1, -0.05) is 24.3 Å². The maximum Gasteiger partial charge on any atom is 0.277 e. The van der Waals surface area contributed by atoms with Crippen LogP contribution in [0.5, 0.6) is 0 Å². The summed E-state index contributed by atoms with van der Waals surface area (Å²) in [6.07, 6.45) is 10.7. The minimum Gasteiger partial charge on any atom is -0.378 e. The fourth-order valence-electron chi connectivity index (χ4n) is 6.63. The van der Waals surface area contributed by atoms with E-state index < -0.39 is 0 Å². The Balaban J connectivity index is 0.000000162. The lowest BCUT2D eigenvalue weighted by atomic mass is 10.0. The number of fused-ring (bicyclic) bond motifs is 2. The second kappa shape index (κ2) is 17.2. The van der Waals surface area contributed by atoms with Gasteiger partial charge in [0.15, 0.2) is 11.4 Å². The summed E-state index contributed by atoms with van der Waals surface area (Å²) in [6.45, 7) is 3.96. The van der Waals surface area contributed by atoms with Crippen molar-refractivity contribution in [2.45, 2.75) is 6.54 Å². The molecule has 0 bridgehead atoms. The van der Waals surface area contributed by atoms with Crippen LogP contribution < -0.4 is 15.5 Å². The van der Waals surface area contributed by atoms with Crippen molar-refractivity contribution in [3.8, 4) is 22.3 Å². The van der Waals surface area contributed by atoms with E-state index in [2.05, 4.69) is 72.9 Å². The van der Waals surface area contributed by atoms with Crippen molar-refractivity contribution >= 4 is 50.9 Å². The lowest BCUT2D eigenvalue weighted by Gasteiger charge is -2.28. The summed E-state index contributed by atoms with van der Waals surface area (Å²) in [5.74, 6) is 0.358. The van der Waals surface area contributed by atoms with E-state index in [-0.39, 0.29) is 11.8 Å². The molecule has 15 heteroatoms. The van der Waals surface area contributed by atoms with Gasteiger partial charge in [0.05, 0.1) is 36.1 Å². The molecule has 9 rings (SSSR count). The number of morpholine rings is 1. The highest BCUT2D eigenvalue weighted by Crippen LogP contribution is 2.29. The quantitative estimate of drug-likeness (QED) is 0.127. The number of aromatic nitrogens is 8. The fraction of sp³-hybridized carbons (Fsp3) is 0.163. The van der Waals surface area contributed by atoms with Crippen LogP contribution in [0.15, 0.2) is 122 Å². The minimum absolute atomic E-state index is 0.304. The van der Waals surface area contributed by atoms with Crippen LogP contribution in [0, 0.1) is 0 Å². The summed E-state index contributed by atoms with van der Waals surface area (Å²) < 4.78 is 5.44. The molecule has 15 nitrogen and oxygen atoms in total. The molecule has 1 saturated heterocycles. The molecule has 8 aromatic rings. The lowest BCUT2D eigenvalue weighted by molar-refractivity contribution is 0.101. The predicted molar refractivity (Wildman–Crippen MR) is 223 cm³/mol. The van der Waals surface area contributed by atoms with Gasteiger partial charge in [-0.3, -0.25) is 29.8 Å². The van der Waals surface area contributed by atoms with Crippen LogP contribution in [0.25, 0.3) is 44.1 Å². The van der Waals surface area contributed by atoms with E-state index in [0.29, 0.717) is 23.0 Å². The normalized spacial score (nSPS) is 12.6. The summed E-state index contributed by atoms with van der Waals surface area (Å²) in [7, 11) is 4.05. The van der Waals surface area contributed by atoms with Gasteiger partial charge < -0.3 is 25.2 Å². The number of rotatable bonds is 9. The van der Waals surface area contributed by atoms with E-state index in [4.69, 9.17) is 4.74 Å². The average Bonchev–Trinajstić information content (AvgIpc) is 3.89. The number of carbonyl (C=O) groups excluding carboxylic acids is 2. The lowest BCUT2D eigenvalue weighted by Crippen LogP contribution is -2.36. The Labute approximate surface area is 333 Å². The zero-order valence-electron chi connectivity index (χ0n) is 31.9. The number of pyridine rings is 4. The molecule has 0 atom stereocenters. The molecule has 6 aromatic heterocycles. The number of nitrogens with one attached hydrogen (secondary N) is 4. The maximum atomic E-state index is 12.7. The number of H-pyrrole nitrogens is 2. The number of amides is 2. The molecule has 0 radical (unpaired) electrons. The van der Waals surface area contributed by atoms with Gasteiger partial charge in [-0.2, -0.15) is 10.2 Å². The number of hydrogen-bond acceptors (Lipinski definition) is 11. The highest BCUT2D eigenvalue weighted by Gasteiger charge is 2.18. The van der Waals surface area contributed by atoms with Crippen molar-refractivity contribution in [1.29, 1.82) is 0 Å². The minimum atomic E-state index is -0.308. The van der Waals surface area contributed by atoms with Crippen LogP contribution in [0.3, 0.4) is 0 Å². The summed E-state index contributed by atoms with van der Waals surface area (Å²) in [5, 5.41) is 21.3. The largest absolute Gasteiger partial charge is 0.378 e. The van der Waals surface area contributed by atoms with E-state index in [1.54, 1.807) is 36.7 Å². The summed E-state index contributed by atoms with van der Waals surface area (Å²) in [6, 6.07) is 26.7. The summed E-state index contributed by atoms with van der Waals surface area (Å²) >= 11 is 0. The van der Waals surface area contributed by atoms with Gasteiger partial charge in [0.2, 0.25) is 0 Å². The second-order valence-corrected chi connectivity index (χ2v) is 13.9. The predicted octanol–water partition coefficient (Wildman–Crippen LogP) is 6.44. The number of carbonyl (C=O) groups is 2. The van der Waals surface area contributed by atoms with Crippen molar-refractivity contribution in [2.75, 3.05) is 55.9 Å².